The maximum absolute atomic E-state index is 12.9. The van der Waals surface area contributed by atoms with Crippen LogP contribution in [0.4, 0.5) is 0 Å². The van der Waals surface area contributed by atoms with Crippen molar-refractivity contribution in [1.29, 1.82) is 0 Å². The second-order valence-corrected chi connectivity index (χ2v) is 17.3. The third-order valence-electron chi connectivity index (χ3n) is 10.6. The summed E-state index contributed by atoms with van der Waals surface area (Å²) < 4.78 is 16.7. The van der Waals surface area contributed by atoms with Crippen molar-refractivity contribution in [3.8, 4) is 0 Å². The molecule has 0 aromatic carbocycles. The average molecular weight is 1000 g/mol. The highest BCUT2D eigenvalue weighted by molar-refractivity contribution is 5.71. The maximum atomic E-state index is 12.9. The zero-order valence-electron chi connectivity index (χ0n) is 45.8. The summed E-state index contributed by atoms with van der Waals surface area (Å²) in [4.78, 5) is 38.1. The largest absolute Gasteiger partial charge is 0.462 e. The minimum Gasteiger partial charge on any atom is -0.462 e. The number of hydrogen-bond donors (Lipinski definition) is 0. The summed E-state index contributed by atoms with van der Waals surface area (Å²) in [7, 11) is 0. The standard InChI is InChI=1S/C67H98O6/c1-4-7-10-13-16-19-22-25-28-31-33-36-39-42-45-48-51-54-57-60-66(69)72-63-64(62-71-65(68)59-56-53-50-47-44-41-38-35-30-27-24-21-18-15-12-9-6-3)73-67(70)61-58-55-52-49-46-43-40-37-34-32-29-26-23-20-17-14-11-8-5-2/h7-12,16-21,25-30,33-34,36-38,41-43,45-47,50-51,54,64H,4-6,13-15,22-24,31-32,35,39-40,44,48-49,52-53,55-63H2,1-3H3/b10-7-,11-8-,12-9-,19-16-,20-17-,21-18-,28-25-,29-26-,30-27-,36-33-,37-34-,41-38-,45-42-,46-43-,50-47-,54-51-/t64-/m0/s1. The lowest BCUT2D eigenvalue weighted by atomic mass is 10.1. The van der Waals surface area contributed by atoms with Crippen LogP contribution < -0.4 is 0 Å². The Balaban J connectivity index is 4.71. The number of allylic oxidation sites excluding steroid dienone is 32. The highest BCUT2D eigenvalue weighted by Crippen LogP contribution is 2.10. The molecule has 0 aromatic heterocycles. The van der Waals surface area contributed by atoms with E-state index >= 15 is 0 Å². The van der Waals surface area contributed by atoms with E-state index in [9.17, 15) is 14.4 Å². The summed E-state index contributed by atoms with van der Waals surface area (Å²) in [5.74, 6) is -1.14. The second kappa shape index (κ2) is 58.8. The number of esters is 3. The number of carbonyl (C=O) groups excluding carboxylic acids is 3. The van der Waals surface area contributed by atoms with Crippen LogP contribution in [0.5, 0.6) is 0 Å². The number of rotatable bonds is 47. The van der Waals surface area contributed by atoms with E-state index in [1.54, 1.807) is 0 Å². The van der Waals surface area contributed by atoms with Gasteiger partial charge in [0.2, 0.25) is 0 Å². The van der Waals surface area contributed by atoms with Crippen molar-refractivity contribution in [3.63, 3.8) is 0 Å². The van der Waals surface area contributed by atoms with E-state index in [-0.39, 0.29) is 50.4 Å². The molecule has 73 heavy (non-hydrogen) atoms. The lowest BCUT2D eigenvalue weighted by Gasteiger charge is -2.18. The van der Waals surface area contributed by atoms with Gasteiger partial charge in [-0.2, -0.15) is 0 Å². The predicted octanol–water partition coefficient (Wildman–Crippen LogP) is 19.1. The van der Waals surface area contributed by atoms with Gasteiger partial charge in [0.05, 0.1) is 0 Å². The van der Waals surface area contributed by atoms with Crippen molar-refractivity contribution in [2.45, 2.75) is 194 Å². The van der Waals surface area contributed by atoms with Gasteiger partial charge in [0.25, 0.3) is 0 Å². The van der Waals surface area contributed by atoms with Crippen molar-refractivity contribution in [3.05, 3.63) is 194 Å². The van der Waals surface area contributed by atoms with Gasteiger partial charge in [-0.05, 0) is 141 Å². The third kappa shape index (κ3) is 57.0. The van der Waals surface area contributed by atoms with Gasteiger partial charge in [-0.15, -0.1) is 0 Å². The molecule has 0 unspecified atom stereocenters. The van der Waals surface area contributed by atoms with Crippen LogP contribution in [0.2, 0.25) is 0 Å². The monoisotopic (exact) mass is 999 g/mol. The Kier molecular flexibility index (Phi) is 54.2. The highest BCUT2D eigenvalue weighted by Gasteiger charge is 2.19. The highest BCUT2D eigenvalue weighted by atomic mass is 16.6. The van der Waals surface area contributed by atoms with Crippen LogP contribution in [0.25, 0.3) is 0 Å². The Morgan fingerprint density at radius 2 is 0.534 bits per heavy atom. The van der Waals surface area contributed by atoms with Gasteiger partial charge >= 0.3 is 17.9 Å². The zero-order valence-corrected chi connectivity index (χ0v) is 45.8. The first-order chi connectivity index (χ1) is 36.0. The normalized spacial score (nSPS) is 13.6. The molecule has 6 nitrogen and oxygen atoms in total. The molecular formula is C67H98O6. The molecule has 402 valence electrons. The van der Waals surface area contributed by atoms with Crippen LogP contribution in [0.3, 0.4) is 0 Å². The first kappa shape index (κ1) is 67.2. The first-order valence-corrected chi connectivity index (χ1v) is 27.9. The van der Waals surface area contributed by atoms with E-state index in [0.29, 0.717) is 19.3 Å². The molecule has 0 rings (SSSR count). The van der Waals surface area contributed by atoms with Crippen molar-refractivity contribution in [2.24, 2.45) is 0 Å². The Hall–Kier alpha value is -5.75. The number of hydrogen-bond acceptors (Lipinski definition) is 6. The smallest absolute Gasteiger partial charge is 0.306 e. The molecule has 0 N–H and O–H groups in total. The first-order valence-electron chi connectivity index (χ1n) is 27.9. The lowest BCUT2D eigenvalue weighted by Crippen LogP contribution is -2.30. The van der Waals surface area contributed by atoms with Gasteiger partial charge in [0.15, 0.2) is 6.10 Å². The molecule has 0 aliphatic heterocycles. The summed E-state index contributed by atoms with van der Waals surface area (Å²) in [5, 5.41) is 0. The zero-order chi connectivity index (χ0) is 52.9. The Bertz CT molecular complexity index is 1810. The molecular weight excluding hydrogens is 901 g/mol. The van der Waals surface area contributed by atoms with E-state index < -0.39 is 6.10 Å². The fourth-order valence-corrected chi connectivity index (χ4v) is 6.53. The minimum absolute atomic E-state index is 0.156. The molecule has 0 heterocycles. The summed E-state index contributed by atoms with van der Waals surface area (Å²) in [6.07, 6.45) is 90.0. The van der Waals surface area contributed by atoms with E-state index in [1.807, 2.05) is 12.2 Å². The maximum Gasteiger partial charge on any atom is 0.306 e. The number of unbranched alkanes of at least 4 members (excludes halogenated alkanes) is 4. The van der Waals surface area contributed by atoms with Gasteiger partial charge in [0, 0.05) is 19.3 Å². The third-order valence-corrected chi connectivity index (χ3v) is 10.6. The van der Waals surface area contributed by atoms with Gasteiger partial charge in [-0.25, -0.2) is 0 Å². The molecule has 0 bridgehead atoms. The van der Waals surface area contributed by atoms with Crippen LogP contribution in [0.1, 0.15) is 188 Å². The number of ether oxygens (including phenoxy) is 3. The fraction of sp³-hybridized carbons (Fsp3) is 0.478. The van der Waals surface area contributed by atoms with Crippen LogP contribution in [0, 0.1) is 0 Å². The Labute approximate surface area is 446 Å². The van der Waals surface area contributed by atoms with E-state index in [2.05, 4.69) is 203 Å². The molecule has 0 saturated heterocycles. The van der Waals surface area contributed by atoms with Gasteiger partial charge in [-0.3, -0.25) is 14.4 Å². The molecule has 0 aromatic rings. The lowest BCUT2D eigenvalue weighted by molar-refractivity contribution is -0.166. The molecule has 0 amide bonds. The van der Waals surface area contributed by atoms with E-state index in [4.69, 9.17) is 14.2 Å². The second-order valence-electron chi connectivity index (χ2n) is 17.3. The van der Waals surface area contributed by atoms with Crippen molar-refractivity contribution in [2.75, 3.05) is 13.2 Å². The van der Waals surface area contributed by atoms with Crippen molar-refractivity contribution in [1.82, 2.24) is 0 Å². The summed E-state index contributed by atoms with van der Waals surface area (Å²) >= 11 is 0. The Morgan fingerprint density at radius 1 is 0.274 bits per heavy atom. The van der Waals surface area contributed by atoms with Gasteiger partial charge < -0.3 is 14.2 Å². The fourth-order valence-electron chi connectivity index (χ4n) is 6.53. The summed E-state index contributed by atoms with van der Waals surface area (Å²) in [5.41, 5.74) is 0. The molecule has 1 atom stereocenters. The van der Waals surface area contributed by atoms with Gasteiger partial charge in [-0.1, -0.05) is 222 Å². The van der Waals surface area contributed by atoms with Crippen LogP contribution in [0.15, 0.2) is 194 Å². The van der Waals surface area contributed by atoms with Crippen molar-refractivity contribution >= 4 is 17.9 Å². The molecule has 0 saturated carbocycles. The van der Waals surface area contributed by atoms with Gasteiger partial charge in [0.1, 0.15) is 13.2 Å². The molecule has 0 fully saturated rings. The summed E-state index contributed by atoms with van der Waals surface area (Å²) in [6, 6.07) is 0. The Morgan fingerprint density at radius 3 is 0.863 bits per heavy atom. The number of carbonyl (C=O) groups is 3. The summed E-state index contributed by atoms with van der Waals surface area (Å²) in [6.45, 7) is 6.12. The van der Waals surface area contributed by atoms with E-state index in [1.165, 1.54) is 0 Å². The molecule has 0 aliphatic rings. The quantitative estimate of drug-likeness (QED) is 0.0262. The predicted molar refractivity (Wildman–Crippen MR) is 315 cm³/mol. The van der Waals surface area contributed by atoms with E-state index in [0.717, 1.165) is 128 Å². The van der Waals surface area contributed by atoms with Crippen molar-refractivity contribution < 1.29 is 28.6 Å². The van der Waals surface area contributed by atoms with Crippen LogP contribution in [-0.2, 0) is 28.6 Å². The SMILES string of the molecule is CC/C=C\C/C=C\C/C=C\C/C=C\C/C=C\C/C=C\CCC(=O)OC[C@H](COC(=O)CCC/C=C\C/C=C\C/C=C\C/C=C\C/C=C\CC)OC(=O)CCCCC/C=C\C/C=C\C/C=C\C/C=C\C/C=C\CC. The molecule has 0 radical (unpaired) electrons. The average Bonchev–Trinajstić information content (AvgIpc) is 3.39. The molecule has 0 spiro atoms. The topological polar surface area (TPSA) is 78.9 Å². The molecule has 0 aliphatic carbocycles. The molecule has 6 heteroatoms. The van der Waals surface area contributed by atoms with Crippen LogP contribution >= 0.6 is 0 Å². The minimum atomic E-state index is -0.862. The van der Waals surface area contributed by atoms with Crippen LogP contribution in [-0.4, -0.2) is 37.2 Å².